The van der Waals surface area contributed by atoms with Gasteiger partial charge >= 0.3 is 0 Å². The summed E-state index contributed by atoms with van der Waals surface area (Å²) in [6, 6.07) is 33.9. The van der Waals surface area contributed by atoms with Crippen molar-refractivity contribution >= 4 is 52.3 Å². The Labute approximate surface area is 318 Å². The molecule has 1 spiro atoms. The highest BCUT2D eigenvalue weighted by molar-refractivity contribution is 6.76. The molecule has 0 unspecified atom stereocenters. The number of rotatable bonds is 9. The van der Waals surface area contributed by atoms with E-state index in [9.17, 15) is 14.7 Å². The summed E-state index contributed by atoms with van der Waals surface area (Å²) >= 11 is 17.2. The summed E-state index contributed by atoms with van der Waals surface area (Å²) in [7, 11) is 0. The maximum absolute atomic E-state index is 13.3. The lowest BCUT2D eigenvalue weighted by atomic mass is 9.85. The molecule has 2 amide bonds. The number of para-hydroxylation sites is 1. The number of nitrogens with one attached hydrogen (secondary N) is 2. The second-order valence-electron chi connectivity index (χ2n) is 13.6. The molecule has 9 nitrogen and oxygen atoms in total. The van der Waals surface area contributed by atoms with Crippen molar-refractivity contribution in [3.8, 4) is 11.1 Å². The van der Waals surface area contributed by atoms with Gasteiger partial charge in [0.15, 0.2) is 6.29 Å². The molecule has 12 heteroatoms. The number of nitrogens with zero attached hydrogens (tertiary/aromatic N) is 2. The first-order valence-electron chi connectivity index (χ1n) is 17.5. The van der Waals surface area contributed by atoms with Crippen LogP contribution in [0.2, 0.25) is 0 Å². The van der Waals surface area contributed by atoms with Crippen molar-refractivity contribution < 1.29 is 24.2 Å². The van der Waals surface area contributed by atoms with Crippen molar-refractivity contribution in [2.45, 2.75) is 60.2 Å². The minimum absolute atomic E-state index is 0.0242. The fraction of sp³-hybridized carbons (Fsp3) is 0.350. The molecule has 3 aliphatic heterocycles. The molecule has 52 heavy (non-hydrogen) atoms. The number of likely N-dealkylation sites (tertiary alicyclic amines) is 1. The molecule has 4 aromatic rings. The van der Waals surface area contributed by atoms with Gasteiger partial charge < -0.3 is 35.0 Å². The molecule has 7 rings (SSSR count). The van der Waals surface area contributed by atoms with Crippen molar-refractivity contribution in [3.05, 3.63) is 125 Å². The van der Waals surface area contributed by atoms with Crippen molar-refractivity contribution in [1.82, 2.24) is 15.5 Å². The first kappa shape index (κ1) is 36.7. The van der Waals surface area contributed by atoms with Gasteiger partial charge in [-0.15, -0.1) is 0 Å². The van der Waals surface area contributed by atoms with Crippen LogP contribution < -0.4 is 15.5 Å². The standard InChI is InChI=1S/C40H41Cl3N4O5/c41-40(42,43)38(50)44-23-28-6-4-7-30(20-28)31-8-5-9-32(21-31)36-51-34(22-35(52-36)29-14-12-27(25-48)13-15-29)24-46-18-16-39(17-19-46)37(49)45-26-47(39)33-10-2-1-3-11-33/h1-15,20-21,34-36,48H,16-19,22-26H2,(H,44,50)(H,45,49)/t34-,35+,36+/m0/s1. The Kier molecular flexibility index (Phi) is 11.1. The van der Waals surface area contributed by atoms with E-state index in [1.54, 1.807) is 0 Å². The number of amides is 2. The predicted octanol–water partition coefficient (Wildman–Crippen LogP) is 6.81. The number of hydrogen-bond acceptors (Lipinski definition) is 7. The van der Waals surface area contributed by atoms with Crippen LogP contribution in [0.25, 0.3) is 11.1 Å². The number of halogens is 3. The molecule has 3 saturated heterocycles. The third-order valence-electron chi connectivity index (χ3n) is 10.3. The number of ether oxygens (including phenoxy) is 2. The maximum Gasteiger partial charge on any atom is 0.272 e. The SMILES string of the molecule is O=C(NCc1cccc(-c2cccc([C@@H]3O[C@H](CN4CCC5(CC4)C(=O)NCN5c4ccccc4)C[C@H](c4ccc(CO)cc4)O3)c2)c1)C(Cl)(Cl)Cl. The van der Waals surface area contributed by atoms with E-state index >= 15 is 0 Å². The lowest BCUT2D eigenvalue weighted by Crippen LogP contribution is -2.57. The number of aliphatic hydroxyl groups is 1. The molecule has 0 radical (unpaired) electrons. The second-order valence-corrected chi connectivity index (χ2v) is 15.9. The molecule has 0 bridgehead atoms. The van der Waals surface area contributed by atoms with Crippen LogP contribution in [0.5, 0.6) is 0 Å². The van der Waals surface area contributed by atoms with Crippen molar-refractivity contribution in [2.24, 2.45) is 0 Å². The van der Waals surface area contributed by atoms with Crippen molar-refractivity contribution in [2.75, 3.05) is 31.2 Å². The number of aliphatic hydroxyl groups excluding tert-OH is 1. The number of alkyl halides is 3. The number of carbonyl (C=O) groups is 2. The molecule has 272 valence electrons. The normalized spacial score (nSPS) is 22.0. The third kappa shape index (κ3) is 8.11. The van der Waals surface area contributed by atoms with Crippen LogP contribution in [0.4, 0.5) is 5.69 Å². The van der Waals surface area contributed by atoms with E-state index < -0.39 is 21.5 Å². The zero-order valence-electron chi connectivity index (χ0n) is 28.5. The van der Waals surface area contributed by atoms with Crippen LogP contribution >= 0.6 is 34.8 Å². The van der Waals surface area contributed by atoms with Gasteiger partial charge in [-0.25, -0.2) is 0 Å². The molecule has 0 aromatic heterocycles. The molecule has 3 fully saturated rings. The van der Waals surface area contributed by atoms with Crippen LogP contribution in [0.1, 0.15) is 53.9 Å². The van der Waals surface area contributed by atoms with Gasteiger partial charge in [0.1, 0.15) is 5.54 Å². The Bertz CT molecular complexity index is 1870. The lowest BCUT2D eigenvalue weighted by molar-refractivity contribution is -0.253. The number of piperidine rings is 1. The summed E-state index contributed by atoms with van der Waals surface area (Å²) in [4.78, 5) is 30.0. The molecule has 0 saturated carbocycles. The van der Waals surface area contributed by atoms with Crippen LogP contribution in [-0.2, 0) is 32.2 Å². The fourth-order valence-electron chi connectivity index (χ4n) is 7.47. The van der Waals surface area contributed by atoms with E-state index in [4.69, 9.17) is 44.3 Å². The van der Waals surface area contributed by atoms with Gasteiger partial charge in [-0.2, -0.15) is 0 Å². The molecule has 4 aromatic carbocycles. The van der Waals surface area contributed by atoms with Gasteiger partial charge in [-0.3, -0.25) is 9.59 Å². The van der Waals surface area contributed by atoms with E-state index in [2.05, 4.69) is 38.6 Å². The summed E-state index contributed by atoms with van der Waals surface area (Å²) in [5, 5.41) is 15.4. The van der Waals surface area contributed by atoms with E-state index in [-0.39, 0.29) is 31.3 Å². The number of carbonyl (C=O) groups excluding carboxylic acids is 2. The van der Waals surface area contributed by atoms with Crippen LogP contribution in [0.3, 0.4) is 0 Å². The Balaban J connectivity index is 1.08. The number of anilines is 1. The topological polar surface area (TPSA) is 103 Å². The van der Waals surface area contributed by atoms with Gasteiger partial charge in [-0.1, -0.05) is 114 Å². The smallest absolute Gasteiger partial charge is 0.272 e. The summed E-state index contributed by atoms with van der Waals surface area (Å²) in [6.45, 7) is 2.94. The zero-order chi connectivity index (χ0) is 36.3. The van der Waals surface area contributed by atoms with E-state index in [0.29, 0.717) is 19.6 Å². The van der Waals surface area contributed by atoms with Gasteiger partial charge in [0, 0.05) is 43.9 Å². The van der Waals surface area contributed by atoms with Crippen LogP contribution in [0.15, 0.2) is 103 Å². The van der Waals surface area contributed by atoms with Gasteiger partial charge in [0.25, 0.3) is 9.70 Å². The highest BCUT2D eigenvalue weighted by Crippen LogP contribution is 2.41. The molecule has 3 aliphatic rings. The fourth-order valence-corrected chi connectivity index (χ4v) is 7.67. The Morgan fingerprint density at radius 2 is 1.58 bits per heavy atom. The number of benzene rings is 4. The summed E-state index contributed by atoms with van der Waals surface area (Å²) in [5.74, 6) is -0.586. The van der Waals surface area contributed by atoms with Gasteiger partial charge in [0.2, 0.25) is 5.91 Å². The predicted molar refractivity (Wildman–Crippen MR) is 203 cm³/mol. The summed E-state index contributed by atoms with van der Waals surface area (Å²) < 4.78 is 11.4. The summed E-state index contributed by atoms with van der Waals surface area (Å²) in [5.41, 5.74) is 6.02. The molecular formula is C40H41Cl3N4O5. The third-order valence-corrected chi connectivity index (χ3v) is 10.8. The Hall–Kier alpha value is -3.67. The molecule has 3 atom stereocenters. The van der Waals surface area contributed by atoms with Crippen LogP contribution in [-0.4, -0.2) is 63.6 Å². The van der Waals surface area contributed by atoms with E-state index in [1.807, 2.05) is 84.9 Å². The van der Waals surface area contributed by atoms with Crippen molar-refractivity contribution in [1.29, 1.82) is 0 Å². The lowest BCUT2D eigenvalue weighted by Gasteiger charge is -2.45. The second kappa shape index (κ2) is 15.7. The van der Waals surface area contributed by atoms with E-state index in [0.717, 1.165) is 65.0 Å². The quantitative estimate of drug-likeness (QED) is 0.161. The molecule has 3 N–H and O–H groups in total. The number of hydrogen-bond donors (Lipinski definition) is 3. The van der Waals surface area contributed by atoms with Crippen LogP contribution in [0, 0.1) is 0 Å². The largest absolute Gasteiger partial charge is 0.392 e. The maximum atomic E-state index is 13.3. The van der Waals surface area contributed by atoms with E-state index in [1.165, 1.54) is 0 Å². The van der Waals surface area contributed by atoms with Crippen molar-refractivity contribution in [3.63, 3.8) is 0 Å². The first-order chi connectivity index (χ1) is 25.1. The highest BCUT2D eigenvalue weighted by Gasteiger charge is 2.50. The van der Waals surface area contributed by atoms with Gasteiger partial charge in [0.05, 0.1) is 25.5 Å². The Morgan fingerprint density at radius 3 is 2.29 bits per heavy atom. The average Bonchev–Trinajstić information content (AvgIpc) is 3.49. The van der Waals surface area contributed by atoms with Gasteiger partial charge in [-0.05, 0) is 64.9 Å². The Morgan fingerprint density at radius 1 is 0.865 bits per heavy atom. The minimum Gasteiger partial charge on any atom is -0.392 e. The average molecular weight is 764 g/mol. The zero-order valence-corrected chi connectivity index (χ0v) is 30.8. The monoisotopic (exact) mass is 762 g/mol. The minimum atomic E-state index is -2.03. The highest BCUT2D eigenvalue weighted by atomic mass is 35.6. The molecule has 3 heterocycles. The summed E-state index contributed by atoms with van der Waals surface area (Å²) in [6.07, 6.45) is 1.12. The first-order valence-corrected chi connectivity index (χ1v) is 18.6. The molecule has 0 aliphatic carbocycles. The molecular weight excluding hydrogens is 723 g/mol.